The van der Waals surface area contributed by atoms with E-state index in [0.717, 1.165) is 0 Å². The lowest BCUT2D eigenvalue weighted by Gasteiger charge is -2.28. The molecule has 2 rings (SSSR count). The van der Waals surface area contributed by atoms with E-state index in [0.29, 0.717) is 12.8 Å². The number of nitrogens with zero attached hydrogens (tertiary/aromatic N) is 2. The summed E-state index contributed by atoms with van der Waals surface area (Å²) in [5.74, 6) is -0.485. The Kier molecular flexibility index (Phi) is 4.31. The van der Waals surface area contributed by atoms with Crippen LogP contribution in [-0.2, 0) is 4.74 Å². The first-order chi connectivity index (χ1) is 9.60. The minimum atomic E-state index is -0.584. The van der Waals surface area contributed by atoms with Gasteiger partial charge in [-0.3, -0.25) is 14.9 Å². The zero-order valence-corrected chi connectivity index (χ0v) is 11.1. The molecule has 0 saturated carbocycles. The Bertz CT molecular complexity index is 507. The average Bonchev–Trinajstić information content (AvgIpc) is 2.89. The van der Waals surface area contributed by atoms with Crippen LogP contribution in [0.3, 0.4) is 0 Å². The standard InChI is InChI=1S/C13H16N2O5/c1-20-12-7-6-9(8-16)14(12)13(17)10-4-2-3-5-11(10)15(18)19/h2-5,9,12,16H,6-8H2,1H3/t9-,12+/m0/s1. The monoisotopic (exact) mass is 280 g/mol. The number of hydrogen-bond acceptors (Lipinski definition) is 5. The number of carbonyl (C=O) groups is 1. The molecular weight excluding hydrogens is 264 g/mol. The molecule has 1 aromatic carbocycles. The van der Waals surface area contributed by atoms with Gasteiger partial charge in [0.25, 0.3) is 11.6 Å². The molecule has 1 aliphatic rings. The largest absolute Gasteiger partial charge is 0.394 e. The van der Waals surface area contributed by atoms with Gasteiger partial charge in [-0.15, -0.1) is 0 Å². The summed E-state index contributed by atoms with van der Waals surface area (Å²) < 4.78 is 5.22. The summed E-state index contributed by atoms with van der Waals surface area (Å²) in [6.07, 6.45) is 0.759. The summed E-state index contributed by atoms with van der Waals surface area (Å²) >= 11 is 0. The second-order valence-electron chi connectivity index (χ2n) is 4.59. The van der Waals surface area contributed by atoms with Crippen LogP contribution in [0.4, 0.5) is 5.69 Å². The van der Waals surface area contributed by atoms with E-state index < -0.39 is 17.1 Å². The maximum atomic E-state index is 12.5. The molecule has 1 fully saturated rings. The van der Waals surface area contributed by atoms with E-state index in [2.05, 4.69) is 0 Å². The average molecular weight is 280 g/mol. The Morgan fingerprint density at radius 1 is 1.50 bits per heavy atom. The fourth-order valence-corrected chi connectivity index (χ4v) is 2.51. The smallest absolute Gasteiger partial charge is 0.282 e. The van der Waals surface area contributed by atoms with E-state index in [-0.39, 0.29) is 23.9 Å². The van der Waals surface area contributed by atoms with Gasteiger partial charge in [-0.25, -0.2) is 0 Å². The minimum absolute atomic E-state index is 0.0138. The Hall–Kier alpha value is -1.99. The highest BCUT2D eigenvalue weighted by atomic mass is 16.6. The third-order valence-electron chi connectivity index (χ3n) is 3.50. The number of ether oxygens (including phenoxy) is 1. The summed E-state index contributed by atoms with van der Waals surface area (Å²) in [6.45, 7) is -0.188. The normalized spacial score (nSPS) is 22.0. The fraction of sp³-hybridized carbons (Fsp3) is 0.462. The molecule has 1 amide bonds. The minimum Gasteiger partial charge on any atom is -0.394 e. The van der Waals surface area contributed by atoms with Crippen molar-refractivity contribution in [3.63, 3.8) is 0 Å². The number of nitro benzene ring substituents is 1. The number of nitro groups is 1. The lowest BCUT2D eigenvalue weighted by Crippen LogP contribution is -2.43. The number of hydrogen-bond donors (Lipinski definition) is 1. The molecular formula is C13H16N2O5. The van der Waals surface area contributed by atoms with Gasteiger partial charge in [0.05, 0.1) is 17.6 Å². The Morgan fingerprint density at radius 3 is 2.80 bits per heavy atom. The van der Waals surface area contributed by atoms with Gasteiger partial charge in [-0.05, 0) is 18.9 Å². The van der Waals surface area contributed by atoms with E-state index >= 15 is 0 Å². The molecule has 108 valence electrons. The fourth-order valence-electron chi connectivity index (χ4n) is 2.51. The van der Waals surface area contributed by atoms with Crippen LogP contribution in [0.5, 0.6) is 0 Å². The molecule has 0 bridgehead atoms. The molecule has 1 N–H and O–H groups in total. The van der Waals surface area contributed by atoms with Crippen molar-refractivity contribution in [3.8, 4) is 0 Å². The molecule has 7 nitrogen and oxygen atoms in total. The van der Waals surface area contributed by atoms with Gasteiger partial charge in [0.15, 0.2) is 0 Å². The highest BCUT2D eigenvalue weighted by molar-refractivity contribution is 5.98. The topological polar surface area (TPSA) is 92.9 Å². The summed E-state index contributed by atoms with van der Waals surface area (Å²) in [4.78, 5) is 24.3. The first-order valence-corrected chi connectivity index (χ1v) is 6.30. The number of aliphatic hydroxyl groups is 1. The van der Waals surface area contributed by atoms with E-state index in [1.165, 1.54) is 30.2 Å². The Balaban J connectivity index is 2.37. The van der Waals surface area contributed by atoms with Crippen LogP contribution in [0, 0.1) is 10.1 Å². The molecule has 2 atom stereocenters. The van der Waals surface area contributed by atoms with Crippen LogP contribution in [0.1, 0.15) is 23.2 Å². The zero-order valence-electron chi connectivity index (χ0n) is 11.1. The lowest BCUT2D eigenvalue weighted by atomic mass is 10.1. The highest BCUT2D eigenvalue weighted by Gasteiger charge is 2.38. The van der Waals surface area contributed by atoms with Crippen molar-refractivity contribution in [2.24, 2.45) is 0 Å². The van der Waals surface area contributed by atoms with Gasteiger partial charge in [0.1, 0.15) is 11.8 Å². The van der Waals surface area contributed by atoms with Crippen molar-refractivity contribution in [1.29, 1.82) is 0 Å². The van der Waals surface area contributed by atoms with Crippen molar-refractivity contribution >= 4 is 11.6 Å². The van der Waals surface area contributed by atoms with Crippen LogP contribution < -0.4 is 0 Å². The molecule has 0 spiro atoms. The van der Waals surface area contributed by atoms with Gasteiger partial charge in [-0.1, -0.05) is 12.1 Å². The quantitative estimate of drug-likeness (QED) is 0.660. The molecule has 1 saturated heterocycles. The van der Waals surface area contributed by atoms with Crippen LogP contribution in [0.25, 0.3) is 0 Å². The number of likely N-dealkylation sites (tertiary alicyclic amines) is 1. The maximum absolute atomic E-state index is 12.5. The number of benzene rings is 1. The van der Waals surface area contributed by atoms with Gasteiger partial charge in [0.2, 0.25) is 0 Å². The SMILES string of the molecule is CO[C@@H]1CC[C@@H](CO)N1C(=O)c1ccccc1[N+](=O)[O-]. The molecule has 0 aliphatic carbocycles. The van der Waals surface area contributed by atoms with Crippen LogP contribution in [-0.4, -0.2) is 46.8 Å². The third-order valence-corrected chi connectivity index (χ3v) is 3.50. The number of aliphatic hydroxyl groups excluding tert-OH is 1. The Labute approximate surface area is 115 Å². The van der Waals surface area contributed by atoms with Crippen LogP contribution in [0.2, 0.25) is 0 Å². The first-order valence-electron chi connectivity index (χ1n) is 6.30. The summed E-state index contributed by atoms with van der Waals surface area (Å²) in [5, 5.41) is 20.3. The van der Waals surface area contributed by atoms with Crippen molar-refractivity contribution in [2.75, 3.05) is 13.7 Å². The van der Waals surface area contributed by atoms with Gasteiger partial charge in [0, 0.05) is 13.2 Å². The van der Waals surface area contributed by atoms with E-state index in [9.17, 15) is 20.0 Å². The van der Waals surface area contributed by atoms with E-state index in [1.807, 2.05) is 0 Å². The summed E-state index contributed by atoms with van der Waals surface area (Å²) in [7, 11) is 1.48. The van der Waals surface area contributed by atoms with Crippen molar-refractivity contribution < 1.29 is 19.6 Å². The van der Waals surface area contributed by atoms with E-state index in [1.54, 1.807) is 6.07 Å². The number of amides is 1. The maximum Gasteiger partial charge on any atom is 0.282 e. The molecule has 0 aromatic heterocycles. The molecule has 0 unspecified atom stereocenters. The number of para-hydroxylation sites is 1. The van der Waals surface area contributed by atoms with Crippen molar-refractivity contribution in [2.45, 2.75) is 25.1 Å². The highest BCUT2D eigenvalue weighted by Crippen LogP contribution is 2.29. The summed E-state index contributed by atoms with van der Waals surface area (Å²) in [5.41, 5.74) is -0.226. The van der Waals surface area contributed by atoms with Gasteiger partial charge in [-0.2, -0.15) is 0 Å². The number of methoxy groups -OCH3 is 1. The predicted molar refractivity (Wildman–Crippen MR) is 70.2 cm³/mol. The van der Waals surface area contributed by atoms with Gasteiger partial charge < -0.3 is 14.7 Å². The predicted octanol–water partition coefficient (Wildman–Crippen LogP) is 1.16. The van der Waals surface area contributed by atoms with Crippen molar-refractivity contribution in [1.82, 2.24) is 4.90 Å². The summed E-state index contributed by atoms with van der Waals surface area (Å²) in [6, 6.07) is 5.42. The van der Waals surface area contributed by atoms with E-state index in [4.69, 9.17) is 4.74 Å². The number of carbonyl (C=O) groups excluding carboxylic acids is 1. The second kappa shape index (κ2) is 5.98. The molecule has 20 heavy (non-hydrogen) atoms. The van der Waals surface area contributed by atoms with Crippen LogP contribution >= 0.6 is 0 Å². The van der Waals surface area contributed by atoms with Crippen LogP contribution in [0.15, 0.2) is 24.3 Å². The second-order valence-corrected chi connectivity index (χ2v) is 4.59. The molecule has 1 aromatic rings. The molecule has 0 radical (unpaired) electrons. The lowest BCUT2D eigenvalue weighted by molar-refractivity contribution is -0.385. The Morgan fingerprint density at radius 2 is 2.20 bits per heavy atom. The van der Waals surface area contributed by atoms with Gasteiger partial charge >= 0.3 is 0 Å². The molecule has 7 heteroatoms. The van der Waals surface area contributed by atoms with Crippen molar-refractivity contribution in [3.05, 3.63) is 39.9 Å². The number of rotatable bonds is 4. The molecule has 1 aliphatic heterocycles. The first kappa shape index (κ1) is 14.4. The zero-order chi connectivity index (χ0) is 14.7. The third kappa shape index (κ3) is 2.50. The molecule has 1 heterocycles.